The number of fused-ring (bicyclic) bond motifs is 1. The summed E-state index contributed by atoms with van der Waals surface area (Å²) in [5.41, 5.74) is 1.60. The molecule has 6 heteroatoms. The van der Waals surface area contributed by atoms with Gasteiger partial charge in [-0.3, -0.25) is 9.69 Å². The number of thiazole rings is 1. The molecular weight excluding hydrogens is 373 g/mol. The average Bonchev–Trinajstić information content (AvgIpc) is 3.42. The molecule has 1 amide bonds. The lowest BCUT2D eigenvalue weighted by Crippen LogP contribution is -2.51. The highest BCUT2D eigenvalue weighted by molar-refractivity contribution is 7.18. The zero-order chi connectivity index (χ0) is 19.1. The van der Waals surface area contributed by atoms with Gasteiger partial charge in [-0.15, -0.1) is 11.3 Å². The van der Waals surface area contributed by atoms with E-state index in [1.165, 1.54) is 16.8 Å². The number of hydrogen-bond donors (Lipinski definition) is 0. The van der Waals surface area contributed by atoms with E-state index in [-0.39, 0.29) is 11.7 Å². The molecule has 2 fully saturated rings. The highest BCUT2D eigenvalue weighted by Gasteiger charge is 2.53. The van der Waals surface area contributed by atoms with Crippen LogP contribution in [0.25, 0.3) is 10.2 Å². The van der Waals surface area contributed by atoms with Crippen molar-refractivity contribution in [1.29, 1.82) is 0 Å². The minimum absolute atomic E-state index is 0.207. The van der Waals surface area contributed by atoms with Crippen molar-refractivity contribution in [2.45, 2.75) is 24.8 Å². The molecule has 2 aliphatic rings. The number of piperazine rings is 1. The Kier molecular flexibility index (Phi) is 4.40. The van der Waals surface area contributed by atoms with E-state index in [1.54, 1.807) is 23.5 Å². The molecule has 4 nitrogen and oxygen atoms in total. The highest BCUT2D eigenvalue weighted by Crippen LogP contribution is 2.49. The number of amides is 1. The van der Waals surface area contributed by atoms with Crippen LogP contribution in [-0.4, -0.2) is 46.9 Å². The molecule has 0 spiro atoms. The first kappa shape index (κ1) is 17.8. The number of carbonyl (C=O) groups excluding carboxylic acids is 1. The Balaban J connectivity index is 1.22. The molecular formula is C22H22FN3OS. The van der Waals surface area contributed by atoms with Gasteiger partial charge in [0.15, 0.2) is 0 Å². The Labute approximate surface area is 167 Å². The second-order valence-corrected chi connectivity index (χ2v) is 8.85. The molecule has 28 heavy (non-hydrogen) atoms. The number of aromatic nitrogens is 1. The van der Waals surface area contributed by atoms with Gasteiger partial charge in [-0.2, -0.15) is 0 Å². The molecule has 0 bridgehead atoms. The Hall–Kier alpha value is -2.31. The van der Waals surface area contributed by atoms with Crippen molar-refractivity contribution in [3.63, 3.8) is 0 Å². The van der Waals surface area contributed by atoms with Gasteiger partial charge < -0.3 is 4.90 Å². The smallest absolute Gasteiger partial charge is 0.233 e. The molecule has 3 aromatic rings. The van der Waals surface area contributed by atoms with Gasteiger partial charge in [0, 0.05) is 26.2 Å². The van der Waals surface area contributed by atoms with E-state index < -0.39 is 5.41 Å². The summed E-state index contributed by atoms with van der Waals surface area (Å²) in [5.74, 6) is -0.0470. The molecule has 0 N–H and O–H groups in total. The topological polar surface area (TPSA) is 36.4 Å². The molecule has 0 unspecified atom stereocenters. The van der Waals surface area contributed by atoms with Crippen LogP contribution in [0.2, 0.25) is 0 Å². The molecule has 1 aliphatic carbocycles. The van der Waals surface area contributed by atoms with Crippen LogP contribution in [0, 0.1) is 5.82 Å². The van der Waals surface area contributed by atoms with E-state index in [1.807, 2.05) is 17.0 Å². The van der Waals surface area contributed by atoms with E-state index in [4.69, 9.17) is 4.98 Å². The van der Waals surface area contributed by atoms with Crippen molar-refractivity contribution in [2.24, 2.45) is 0 Å². The number of para-hydroxylation sites is 1. The molecule has 1 aliphatic heterocycles. The Morgan fingerprint density at radius 2 is 1.75 bits per heavy atom. The van der Waals surface area contributed by atoms with Crippen molar-refractivity contribution in [3.8, 4) is 0 Å². The normalized spacial score (nSPS) is 19.1. The Bertz CT molecular complexity index is 971. The summed E-state index contributed by atoms with van der Waals surface area (Å²) in [6.45, 7) is 4.05. The van der Waals surface area contributed by atoms with Crippen LogP contribution < -0.4 is 0 Å². The highest BCUT2D eigenvalue weighted by atomic mass is 32.1. The van der Waals surface area contributed by atoms with Crippen LogP contribution in [0.1, 0.15) is 23.4 Å². The molecule has 0 atom stereocenters. The number of nitrogens with zero attached hydrogens (tertiary/aromatic N) is 3. The first-order valence-electron chi connectivity index (χ1n) is 9.76. The van der Waals surface area contributed by atoms with Crippen LogP contribution in [0.15, 0.2) is 48.5 Å². The predicted octanol–water partition coefficient (Wildman–Crippen LogP) is 3.81. The minimum Gasteiger partial charge on any atom is -0.339 e. The third-order valence-corrected chi connectivity index (χ3v) is 6.93. The maximum Gasteiger partial charge on any atom is 0.233 e. The van der Waals surface area contributed by atoms with E-state index in [0.29, 0.717) is 0 Å². The average molecular weight is 396 g/mol. The lowest BCUT2D eigenvalue weighted by Gasteiger charge is -2.36. The summed E-state index contributed by atoms with van der Waals surface area (Å²) in [4.78, 5) is 22.2. The third kappa shape index (κ3) is 3.20. The number of carbonyl (C=O) groups is 1. The van der Waals surface area contributed by atoms with Crippen LogP contribution in [0.4, 0.5) is 4.39 Å². The Morgan fingerprint density at radius 1 is 1.04 bits per heavy atom. The van der Waals surface area contributed by atoms with E-state index >= 15 is 0 Å². The molecule has 2 aromatic carbocycles. The van der Waals surface area contributed by atoms with Gasteiger partial charge in [0.25, 0.3) is 0 Å². The first-order chi connectivity index (χ1) is 13.6. The maximum absolute atomic E-state index is 13.2. The fraction of sp³-hybridized carbons (Fsp3) is 0.364. The molecule has 1 saturated carbocycles. The second-order valence-electron chi connectivity index (χ2n) is 7.73. The largest absolute Gasteiger partial charge is 0.339 e. The summed E-state index contributed by atoms with van der Waals surface area (Å²) in [7, 11) is 0. The molecule has 5 rings (SSSR count). The van der Waals surface area contributed by atoms with E-state index in [9.17, 15) is 9.18 Å². The van der Waals surface area contributed by atoms with Crippen LogP contribution in [-0.2, 0) is 16.8 Å². The van der Waals surface area contributed by atoms with Gasteiger partial charge in [-0.25, -0.2) is 9.37 Å². The zero-order valence-electron chi connectivity index (χ0n) is 15.6. The summed E-state index contributed by atoms with van der Waals surface area (Å²) >= 11 is 1.75. The van der Waals surface area contributed by atoms with Crippen LogP contribution in [0.3, 0.4) is 0 Å². The van der Waals surface area contributed by atoms with Gasteiger partial charge in [0.2, 0.25) is 5.91 Å². The molecule has 1 aromatic heterocycles. The van der Waals surface area contributed by atoms with Gasteiger partial charge >= 0.3 is 0 Å². The second kappa shape index (κ2) is 6.94. The van der Waals surface area contributed by atoms with Gasteiger partial charge in [0.1, 0.15) is 10.8 Å². The summed E-state index contributed by atoms with van der Waals surface area (Å²) in [6, 6.07) is 14.7. The lowest BCUT2D eigenvalue weighted by molar-refractivity contribution is -0.135. The summed E-state index contributed by atoms with van der Waals surface area (Å²) in [5, 5.41) is 1.13. The zero-order valence-corrected chi connectivity index (χ0v) is 16.4. The fourth-order valence-electron chi connectivity index (χ4n) is 4.11. The van der Waals surface area contributed by atoms with Crippen molar-refractivity contribution >= 4 is 27.5 Å². The van der Waals surface area contributed by atoms with Crippen molar-refractivity contribution in [1.82, 2.24) is 14.8 Å². The van der Waals surface area contributed by atoms with Gasteiger partial charge in [-0.05, 0) is 42.7 Å². The molecule has 144 valence electrons. The van der Waals surface area contributed by atoms with Crippen LogP contribution >= 0.6 is 11.3 Å². The summed E-state index contributed by atoms with van der Waals surface area (Å²) in [6.07, 6.45) is 1.73. The van der Waals surface area contributed by atoms with Crippen molar-refractivity contribution < 1.29 is 9.18 Å². The standard InChI is InChI=1S/C22H22FN3OS/c23-17-7-5-16(6-8-17)22(9-10-22)21(27)26-13-11-25(12-14-26)15-20-24-18-3-1-2-4-19(18)28-20/h1-8H,9-15H2. The van der Waals surface area contributed by atoms with Gasteiger partial charge in [-0.1, -0.05) is 24.3 Å². The Morgan fingerprint density at radius 3 is 2.43 bits per heavy atom. The van der Waals surface area contributed by atoms with Crippen molar-refractivity contribution in [3.05, 3.63) is 64.9 Å². The monoisotopic (exact) mass is 395 g/mol. The number of benzene rings is 2. The quantitative estimate of drug-likeness (QED) is 0.674. The number of rotatable bonds is 4. The molecule has 2 heterocycles. The fourth-order valence-corrected chi connectivity index (χ4v) is 5.12. The third-order valence-electron chi connectivity index (χ3n) is 5.91. The number of halogens is 1. The lowest BCUT2D eigenvalue weighted by atomic mass is 9.94. The van der Waals surface area contributed by atoms with Crippen molar-refractivity contribution in [2.75, 3.05) is 26.2 Å². The maximum atomic E-state index is 13.2. The predicted molar refractivity (Wildman–Crippen MR) is 109 cm³/mol. The molecule has 1 saturated heterocycles. The minimum atomic E-state index is -0.414. The van der Waals surface area contributed by atoms with Gasteiger partial charge in [0.05, 0.1) is 22.2 Å². The van der Waals surface area contributed by atoms with E-state index in [2.05, 4.69) is 17.0 Å². The van der Waals surface area contributed by atoms with E-state index in [0.717, 1.165) is 61.7 Å². The number of hydrogen-bond acceptors (Lipinski definition) is 4. The van der Waals surface area contributed by atoms with Crippen LogP contribution in [0.5, 0.6) is 0 Å². The first-order valence-corrected chi connectivity index (χ1v) is 10.6. The molecule has 0 radical (unpaired) electrons. The summed E-state index contributed by atoms with van der Waals surface area (Å²) < 4.78 is 14.5. The SMILES string of the molecule is O=C(N1CCN(Cc2nc3ccccc3s2)CC1)C1(c2ccc(F)cc2)CC1.